The molecule has 0 aliphatic carbocycles. The summed E-state index contributed by atoms with van der Waals surface area (Å²) in [5, 5.41) is 12.1. The Bertz CT molecular complexity index is 691. The average Bonchev–Trinajstić information content (AvgIpc) is 3.15. The van der Waals surface area contributed by atoms with Gasteiger partial charge in [0.05, 0.1) is 19.9 Å². The van der Waals surface area contributed by atoms with E-state index in [9.17, 15) is 0 Å². The lowest BCUT2D eigenvalue weighted by Gasteiger charge is -2.02. The Hall–Kier alpha value is -2.34. The van der Waals surface area contributed by atoms with Crippen LogP contribution in [-0.4, -0.2) is 28.6 Å². The maximum Gasteiger partial charge on any atom is 0.176 e. The quantitative estimate of drug-likeness (QED) is 0.675. The van der Waals surface area contributed by atoms with Crippen LogP contribution < -0.4 is 10.1 Å². The number of benzene rings is 1. The van der Waals surface area contributed by atoms with Gasteiger partial charge in [0, 0.05) is 18.1 Å². The van der Waals surface area contributed by atoms with Gasteiger partial charge in [-0.1, -0.05) is 17.3 Å². The number of aryl methyl sites for hydroxylation is 1. The highest BCUT2D eigenvalue weighted by Crippen LogP contribution is 2.28. The van der Waals surface area contributed by atoms with Crippen molar-refractivity contribution >= 4 is 11.0 Å². The van der Waals surface area contributed by atoms with Crippen molar-refractivity contribution in [2.45, 2.75) is 19.5 Å². The minimum absolute atomic E-state index is 0.704. The van der Waals surface area contributed by atoms with Crippen molar-refractivity contribution in [1.82, 2.24) is 20.3 Å². The van der Waals surface area contributed by atoms with Gasteiger partial charge < -0.3 is 14.5 Å². The van der Waals surface area contributed by atoms with Crippen LogP contribution in [0.4, 0.5) is 0 Å². The van der Waals surface area contributed by atoms with Crippen molar-refractivity contribution in [3.8, 4) is 5.75 Å². The van der Waals surface area contributed by atoms with Crippen LogP contribution in [0.3, 0.4) is 0 Å². The minimum Gasteiger partial charge on any atom is -0.493 e. The SMILES string of the molecule is COc1cccc2cc(CNCCCn3ccnn3)oc12. The first-order valence-corrected chi connectivity index (χ1v) is 6.97. The Kier molecular flexibility index (Phi) is 4.16. The molecule has 6 nitrogen and oxygen atoms in total. The van der Waals surface area contributed by atoms with Gasteiger partial charge in [-0.2, -0.15) is 0 Å². The van der Waals surface area contributed by atoms with Gasteiger partial charge in [-0.05, 0) is 25.1 Å². The predicted octanol–water partition coefficient (Wildman–Crippen LogP) is 2.21. The van der Waals surface area contributed by atoms with Crippen molar-refractivity contribution in [2.24, 2.45) is 0 Å². The summed E-state index contributed by atoms with van der Waals surface area (Å²) in [6, 6.07) is 7.94. The molecule has 0 aliphatic rings. The molecule has 0 aliphatic heterocycles. The molecule has 0 bridgehead atoms. The first kappa shape index (κ1) is 13.6. The molecule has 0 spiro atoms. The van der Waals surface area contributed by atoms with Gasteiger partial charge in [-0.3, -0.25) is 4.68 Å². The number of methoxy groups -OCH3 is 1. The van der Waals surface area contributed by atoms with E-state index in [0.717, 1.165) is 42.0 Å². The number of rotatable bonds is 7. The first-order valence-electron chi connectivity index (χ1n) is 6.97. The molecule has 0 atom stereocenters. The van der Waals surface area contributed by atoms with E-state index in [1.807, 2.05) is 35.1 Å². The summed E-state index contributed by atoms with van der Waals surface area (Å²) in [6.07, 6.45) is 4.55. The van der Waals surface area contributed by atoms with E-state index in [0.29, 0.717) is 6.54 Å². The second-order valence-electron chi connectivity index (χ2n) is 4.79. The third-order valence-corrected chi connectivity index (χ3v) is 3.29. The Balaban J connectivity index is 1.51. The normalized spacial score (nSPS) is 11.1. The van der Waals surface area contributed by atoms with Crippen LogP contribution in [0.1, 0.15) is 12.2 Å². The second-order valence-corrected chi connectivity index (χ2v) is 4.79. The standard InChI is InChI=1S/C15H18N4O2/c1-20-14-5-2-4-12-10-13(21-15(12)14)11-16-6-3-8-19-9-7-17-18-19/h2,4-5,7,9-10,16H,3,6,8,11H2,1H3. The van der Waals surface area contributed by atoms with Crippen LogP contribution in [0.25, 0.3) is 11.0 Å². The molecule has 2 heterocycles. The summed E-state index contributed by atoms with van der Waals surface area (Å²) in [5.74, 6) is 1.68. The molecule has 21 heavy (non-hydrogen) atoms. The lowest BCUT2D eigenvalue weighted by atomic mass is 10.2. The topological polar surface area (TPSA) is 65.1 Å². The monoisotopic (exact) mass is 286 g/mol. The first-order chi connectivity index (χ1) is 10.4. The molecule has 0 amide bonds. The van der Waals surface area contributed by atoms with E-state index in [2.05, 4.69) is 15.6 Å². The van der Waals surface area contributed by atoms with Crippen LogP contribution in [0.5, 0.6) is 5.75 Å². The summed E-state index contributed by atoms with van der Waals surface area (Å²) in [6.45, 7) is 2.46. The minimum atomic E-state index is 0.704. The molecule has 1 aromatic carbocycles. The van der Waals surface area contributed by atoms with Crippen LogP contribution >= 0.6 is 0 Å². The number of aromatic nitrogens is 3. The van der Waals surface area contributed by atoms with Crippen LogP contribution in [0, 0.1) is 0 Å². The largest absolute Gasteiger partial charge is 0.493 e. The summed E-state index contributed by atoms with van der Waals surface area (Å²) in [5.41, 5.74) is 0.805. The maximum absolute atomic E-state index is 5.83. The summed E-state index contributed by atoms with van der Waals surface area (Å²) < 4.78 is 12.9. The molecule has 0 fully saturated rings. The van der Waals surface area contributed by atoms with Gasteiger partial charge in [-0.15, -0.1) is 5.10 Å². The highest BCUT2D eigenvalue weighted by molar-refractivity contribution is 5.83. The molecule has 1 N–H and O–H groups in total. The summed E-state index contributed by atoms with van der Waals surface area (Å²) in [7, 11) is 1.65. The van der Waals surface area contributed by atoms with Crippen molar-refractivity contribution in [3.63, 3.8) is 0 Å². The second kappa shape index (κ2) is 6.41. The Morgan fingerprint density at radius 1 is 1.38 bits per heavy atom. The number of fused-ring (bicyclic) bond motifs is 1. The van der Waals surface area contributed by atoms with E-state index in [1.54, 1.807) is 13.3 Å². The van der Waals surface area contributed by atoms with E-state index in [1.165, 1.54) is 0 Å². The van der Waals surface area contributed by atoms with Crippen molar-refractivity contribution < 1.29 is 9.15 Å². The average molecular weight is 286 g/mol. The fourth-order valence-electron chi connectivity index (χ4n) is 2.27. The molecule has 0 saturated heterocycles. The van der Waals surface area contributed by atoms with Crippen LogP contribution in [-0.2, 0) is 13.1 Å². The lowest BCUT2D eigenvalue weighted by molar-refractivity contribution is 0.406. The highest BCUT2D eigenvalue weighted by Gasteiger charge is 2.07. The molecule has 2 aromatic heterocycles. The van der Waals surface area contributed by atoms with Crippen molar-refractivity contribution in [3.05, 3.63) is 42.4 Å². The van der Waals surface area contributed by atoms with E-state index < -0.39 is 0 Å². The summed E-state index contributed by atoms with van der Waals surface area (Å²) >= 11 is 0. The molecule has 0 saturated carbocycles. The molecule has 110 valence electrons. The number of hydrogen-bond acceptors (Lipinski definition) is 5. The van der Waals surface area contributed by atoms with Gasteiger partial charge >= 0.3 is 0 Å². The third kappa shape index (κ3) is 3.22. The third-order valence-electron chi connectivity index (χ3n) is 3.29. The molecule has 6 heteroatoms. The lowest BCUT2D eigenvalue weighted by Crippen LogP contribution is -2.16. The molecule has 3 aromatic rings. The van der Waals surface area contributed by atoms with Crippen LogP contribution in [0.15, 0.2) is 41.1 Å². The van der Waals surface area contributed by atoms with Gasteiger partial charge in [-0.25, -0.2) is 0 Å². The van der Waals surface area contributed by atoms with E-state index in [-0.39, 0.29) is 0 Å². The number of ether oxygens (including phenoxy) is 1. The number of furan rings is 1. The van der Waals surface area contributed by atoms with Crippen molar-refractivity contribution in [2.75, 3.05) is 13.7 Å². The number of hydrogen-bond donors (Lipinski definition) is 1. The van der Waals surface area contributed by atoms with Gasteiger partial charge in [0.1, 0.15) is 5.76 Å². The van der Waals surface area contributed by atoms with Crippen molar-refractivity contribution in [1.29, 1.82) is 0 Å². The Morgan fingerprint density at radius 2 is 2.33 bits per heavy atom. The van der Waals surface area contributed by atoms with E-state index in [4.69, 9.17) is 9.15 Å². The van der Waals surface area contributed by atoms with Gasteiger partial charge in [0.2, 0.25) is 0 Å². The summed E-state index contributed by atoms with van der Waals surface area (Å²) in [4.78, 5) is 0. The highest BCUT2D eigenvalue weighted by atomic mass is 16.5. The Labute approximate surface area is 122 Å². The molecular weight excluding hydrogens is 268 g/mol. The zero-order valence-corrected chi connectivity index (χ0v) is 12.0. The van der Waals surface area contributed by atoms with Gasteiger partial charge in [0.25, 0.3) is 0 Å². The smallest absolute Gasteiger partial charge is 0.176 e. The zero-order valence-electron chi connectivity index (χ0n) is 12.0. The van der Waals surface area contributed by atoms with E-state index >= 15 is 0 Å². The predicted molar refractivity (Wildman–Crippen MR) is 79.1 cm³/mol. The molecule has 3 rings (SSSR count). The molecule has 0 unspecified atom stereocenters. The molecule has 0 radical (unpaired) electrons. The van der Waals surface area contributed by atoms with Crippen LogP contribution in [0.2, 0.25) is 0 Å². The number of para-hydroxylation sites is 1. The number of nitrogens with one attached hydrogen (secondary N) is 1. The number of nitrogens with zero attached hydrogens (tertiary/aromatic N) is 3. The molecular formula is C15H18N4O2. The van der Waals surface area contributed by atoms with Gasteiger partial charge in [0.15, 0.2) is 11.3 Å². The maximum atomic E-state index is 5.83. The zero-order chi connectivity index (χ0) is 14.5. The Morgan fingerprint density at radius 3 is 3.14 bits per heavy atom. The fourth-order valence-corrected chi connectivity index (χ4v) is 2.27. The fraction of sp³-hybridized carbons (Fsp3) is 0.333.